The molecule has 2 aromatic carbocycles. The molecule has 0 heterocycles. The van der Waals surface area contributed by atoms with E-state index >= 15 is 0 Å². The van der Waals surface area contributed by atoms with Crippen molar-refractivity contribution in [1.82, 2.24) is 0 Å². The minimum absolute atomic E-state index is 0.0950. The molecule has 2 atom stereocenters. The fraction of sp³-hybridized carbons (Fsp3) is 0.368. The number of methoxy groups -OCH3 is 1. The van der Waals surface area contributed by atoms with Crippen molar-refractivity contribution in [2.24, 2.45) is 0 Å². The highest BCUT2D eigenvalue weighted by Crippen LogP contribution is 2.32. The van der Waals surface area contributed by atoms with Gasteiger partial charge in [0.1, 0.15) is 11.9 Å². The van der Waals surface area contributed by atoms with Gasteiger partial charge in [0.2, 0.25) is 0 Å². The van der Waals surface area contributed by atoms with Crippen LogP contribution < -0.4 is 9.47 Å². The Hall–Kier alpha value is -2.28. The summed E-state index contributed by atoms with van der Waals surface area (Å²) in [4.78, 5) is 0. The molecule has 6 nitrogen and oxygen atoms in total. The zero-order valence-corrected chi connectivity index (χ0v) is 14.1. The molecule has 0 aliphatic heterocycles. The van der Waals surface area contributed by atoms with Crippen molar-refractivity contribution < 1.29 is 29.9 Å². The molecule has 0 bridgehead atoms. The topological polar surface area (TPSA) is 99.4 Å². The molecule has 0 saturated carbocycles. The van der Waals surface area contributed by atoms with Crippen LogP contribution in [0.1, 0.15) is 23.7 Å². The molecule has 0 fully saturated rings. The molecule has 0 aliphatic carbocycles. The predicted octanol–water partition coefficient (Wildman–Crippen LogP) is 1.80. The first-order valence-electron chi connectivity index (χ1n) is 8.11. The molecule has 0 radical (unpaired) electrons. The Balaban J connectivity index is 2.15. The van der Waals surface area contributed by atoms with Gasteiger partial charge < -0.3 is 29.9 Å². The number of rotatable bonds is 9. The second-order valence-electron chi connectivity index (χ2n) is 5.69. The van der Waals surface area contributed by atoms with E-state index in [2.05, 4.69) is 0 Å². The third kappa shape index (κ3) is 5.09. The van der Waals surface area contributed by atoms with Crippen LogP contribution in [0.2, 0.25) is 0 Å². The van der Waals surface area contributed by atoms with Crippen molar-refractivity contribution in [1.29, 1.82) is 0 Å². The molecule has 0 aromatic heterocycles. The van der Waals surface area contributed by atoms with Gasteiger partial charge in [-0.05, 0) is 48.2 Å². The number of benzene rings is 2. The van der Waals surface area contributed by atoms with E-state index in [1.165, 1.54) is 19.2 Å². The molecule has 6 heteroatoms. The van der Waals surface area contributed by atoms with Crippen molar-refractivity contribution >= 4 is 0 Å². The van der Waals surface area contributed by atoms with E-state index in [4.69, 9.17) is 14.6 Å². The smallest absolute Gasteiger partial charge is 0.161 e. The van der Waals surface area contributed by atoms with Gasteiger partial charge in [0, 0.05) is 6.61 Å². The molecular formula is C19H24O6. The largest absolute Gasteiger partial charge is 0.508 e. The summed E-state index contributed by atoms with van der Waals surface area (Å²) in [6.45, 7) is -0.274. The third-order valence-corrected chi connectivity index (χ3v) is 3.90. The van der Waals surface area contributed by atoms with Crippen LogP contribution in [0.25, 0.3) is 0 Å². The number of ether oxygens (including phenoxy) is 2. The Morgan fingerprint density at radius 2 is 1.72 bits per heavy atom. The molecule has 136 valence electrons. The van der Waals surface area contributed by atoms with E-state index in [1.54, 1.807) is 18.2 Å². The van der Waals surface area contributed by atoms with Crippen molar-refractivity contribution in [3.8, 4) is 17.2 Å². The van der Waals surface area contributed by atoms with Crippen molar-refractivity contribution in [2.45, 2.75) is 25.0 Å². The Labute approximate surface area is 146 Å². The molecule has 0 spiro atoms. The third-order valence-electron chi connectivity index (χ3n) is 3.90. The van der Waals surface area contributed by atoms with E-state index in [0.717, 1.165) is 5.56 Å². The monoisotopic (exact) mass is 348 g/mol. The van der Waals surface area contributed by atoms with E-state index in [1.807, 2.05) is 12.1 Å². The first-order chi connectivity index (χ1) is 12.1. The summed E-state index contributed by atoms with van der Waals surface area (Å²) in [5.41, 5.74) is 1.52. The maximum Gasteiger partial charge on any atom is 0.161 e. The minimum Gasteiger partial charge on any atom is -0.508 e. The van der Waals surface area contributed by atoms with Crippen LogP contribution in [0.3, 0.4) is 0 Å². The lowest BCUT2D eigenvalue weighted by atomic mass is 10.0. The van der Waals surface area contributed by atoms with Crippen LogP contribution in [-0.4, -0.2) is 46.9 Å². The van der Waals surface area contributed by atoms with Gasteiger partial charge in [-0.3, -0.25) is 0 Å². The number of aromatic hydroxyl groups is 1. The van der Waals surface area contributed by atoms with Gasteiger partial charge >= 0.3 is 0 Å². The number of aliphatic hydroxyl groups is 3. The quantitative estimate of drug-likeness (QED) is 0.551. The van der Waals surface area contributed by atoms with Crippen molar-refractivity contribution in [2.75, 3.05) is 20.3 Å². The highest BCUT2D eigenvalue weighted by molar-refractivity contribution is 5.43. The van der Waals surface area contributed by atoms with Crippen LogP contribution in [0, 0.1) is 0 Å². The lowest BCUT2D eigenvalue weighted by molar-refractivity contribution is -0.000433. The number of phenolic OH excluding ortho intramolecular Hbond substituents is 1. The first kappa shape index (κ1) is 19.1. The Morgan fingerprint density at radius 3 is 2.32 bits per heavy atom. The van der Waals surface area contributed by atoms with E-state index in [-0.39, 0.29) is 12.4 Å². The summed E-state index contributed by atoms with van der Waals surface area (Å²) in [6.07, 6.45) is -0.583. The fourth-order valence-corrected chi connectivity index (χ4v) is 2.50. The number of aliphatic hydroxyl groups excluding tert-OH is 3. The highest BCUT2D eigenvalue weighted by Gasteiger charge is 2.23. The lowest BCUT2D eigenvalue weighted by Gasteiger charge is -2.24. The van der Waals surface area contributed by atoms with E-state index < -0.39 is 18.8 Å². The van der Waals surface area contributed by atoms with Gasteiger partial charge in [-0.15, -0.1) is 0 Å². The Morgan fingerprint density at radius 1 is 1.00 bits per heavy atom. The van der Waals surface area contributed by atoms with Crippen molar-refractivity contribution in [3.05, 3.63) is 53.6 Å². The highest BCUT2D eigenvalue weighted by atomic mass is 16.5. The minimum atomic E-state index is -1.07. The summed E-state index contributed by atoms with van der Waals surface area (Å²) in [7, 11) is 1.52. The summed E-state index contributed by atoms with van der Waals surface area (Å²) in [5, 5.41) is 38.3. The predicted molar refractivity (Wildman–Crippen MR) is 93.0 cm³/mol. The molecular weight excluding hydrogens is 324 g/mol. The van der Waals surface area contributed by atoms with Crippen LogP contribution >= 0.6 is 0 Å². The summed E-state index contributed by atoms with van der Waals surface area (Å²) in [6, 6.07) is 11.5. The summed E-state index contributed by atoms with van der Waals surface area (Å²) < 4.78 is 11.1. The molecule has 0 saturated heterocycles. The number of phenols is 1. The number of aryl methyl sites for hydroxylation is 1. The van der Waals surface area contributed by atoms with Gasteiger partial charge in [0.05, 0.1) is 13.7 Å². The second-order valence-corrected chi connectivity index (χ2v) is 5.69. The Bertz CT molecular complexity index is 655. The SMILES string of the molecule is COc1cc(CCCO)ccc1O[C@H](CO)[C@@H](O)c1ccc(O)cc1. The normalized spacial score (nSPS) is 13.3. The first-order valence-corrected chi connectivity index (χ1v) is 8.11. The molecule has 25 heavy (non-hydrogen) atoms. The van der Waals surface area contributed by atoms with Crippen LogP contribution in [-0.2, 0) is 6.42 Å². The van der Waals surface area contributed by atoms with Gasteiger partial charge in [0.15, 0.2) is 17.6 Å². The summed E-state index contributed by atoms with van der Waals surface area (Å²) in [5.74, 6) is 0.997. The standard InChI is InChI=1S/C19H24O6/c1-24-17-11-13(3-2-10-20)4-9-16(17)25-18(12-21)19(23)14-5-7-15(22)8-6-14/h4-9,11,18-23H,2-3,10,12H2,1H3/t18-,19+/m1/s1. The van der Waals surface area contributed by atoms with E-state index in [9.17, 15) is 15.3 Å². The molecule has 4 N–H and O–H groups in total. The van der Waals surface area contributed by atoms with E-state index in [0.29, 0.717) is 29.9 Å². The van der Waals surface area contributed by atoms with Crippen LogP contribution in [0.5, 0.6) is 17.2 Å². The molecule has 0 unspecified atom stereocenters. The van der Waals surface area contributed by atoms with Gasteiger partial charge in [0.25, 0.3) is 0 Å². The van der Waals surface area contributed by atoms with Crippen LogP contribution in [0.15, 0.2) is 42.5 Å². The average molecular weight is 348 g/mol. The summed E-state index contributed by atoms with van der Waals surface area (Å²) >= 11 is 0. The second kappa shape index (κ2) is 9.27. The van der Waals surface area contributed by atoms with Gasteiger partial charge in [-0.25, -0.2) is 0 Å². The van der Waals surface area contributed by atoms with Gasteiger partial charge in [-0.2, -0.15) is 0 Å². The Kier molecular flexibility index (Phi) is 7.06. The molecule has 0 aliphatic rings. The van der Waals surface area contributed by atoms with Gasteiger partial charge in [-0.1, -0.05) is 18.2 Å². The molecule has 2 aromatic rings. The average Bonchev–Trinajstić information content (AvgIpc) is 2.64. The molecule has 2 rings (SSSR count). The zero-order valence-electron chi connectivity index (χ0n) is 14.1. The zero-order chi connectivity index (χ0) is 18.2. The number of hydrogen-bond donors (Lipinski definition) is 4. The fourth-order valence-electron chi connectivity index (χ4n) is 2.50. The lowest BCUT2D eigenvalue weighted by Crippen LogP contribution is -2.29. The van der Waals surface area contributed by atoms with Crippen molar-refractivity contribution in [3.63, 3.8) is 0 Å². The number of hydrogen-bond acceptors (Lipinski definition) is 6. The van der Waals surface area contributed by atoms with Crippen LogP contribution in [0.4, 0.5) is 0 Å². The molecule has 0 amide bonds. The maximum atomic E-state index is 10.4. The maximum absolute atomic E-state index is 10.4.